The summed E-state index contributed by atoms with van der Waals surface area (Å²) in [7, 11) is 0. The summed E-state index contributed by atoms with van der Waals surface area (Å²) in [5, 5.41) is 10.4. The van der Waals surface area contributed by atoms with E-state index in [9.17, 15) is 9.90 Å². The minimum atomic E-state index is -0.126. The molecule has 100 valence electrons. The van der Waals surface area contributed by atoms with Crippen molar-refractivity contribution in [1.82, 2.24) is 9.97 Å². The van der Waals surface area contributed by atoms with Crippen molar-refractivity contribution in [2.45, 2.75) is 24.9 Å². The molecule has 0 radical (unpaired) electrons. The maximum Gasteiger partial charge on any atom is 0.255 e. The van der Waals surface area contributed by atoms with E-state index >= 15 is 0 Å². The first-order valence-electron chi connectivity index (χ1n) is 6.08. The molecular formula is C14H16N2O2S. The molecule has 0 bridgehead atoms. The number of phenolic OH excluding ortho intramolecular Hbond substituents is 1. The maximum atomic E-state index is 12.1. The number of thioether (sulfide) groups is 1. The van der Waals surface area contributed by atoms with Gasteiger partial charge < -0.3 is 10.1 Å². The van der Waals surface area contributed by atoms with Gasteiger partial charge in [0.15, 0.2) is 5.16 Å². The third kappa shape index (κ3) is 2.98. The molecule has 19 heavy (non-hydrogen) atoms. The average Bonchev–Trinajstić information content (AvgIpc) is 2.42. The number of aryl methyl sites for hydroxylation is 1. The highest BCUT2D eigenvalue weighted by atomic mass is 32.2. The molecule has 0 aliphatic rings. The van der Waals surface area contributed by atoms with E-state index in [4.69, 9.17) is 0 Å². The Hall–Kier alpha value is -1.75. The Morgan fingerprint density at radius 3 is 2.74 bits per heavy atom. The number of aromatic nitrogens is 2. The van der Waals surface area contributed by atoms with Gasteiger partial charge >= 0.3 is 0 Å². The van der Waals surface area contributed by atoms with Crippen LogP contribution >= 0.6 is 11.8 Å². The second kappa shape index (κ2) is 5.93. The summed E-state index contributed by atoms with van der Waals surface area (Å²) >= 11 is 1.41. The number of benzene rings is 1. The lowest BCUT2D eigenvalue weighted by molar-refractivity contribution is 0.469. The molecular weight excluding hydrogens is 260 g/mol. The Kier molecular flexibility index (Phi) is 4.27. The van der Waals surface area contributed by atoms with E-state index in [0.29, 0.717) is 23.6 Å². The quantitative estimate of drug-likeness (QED) is 0.664. The van der Waals surface area contributed by atoms with E-state index in [1.54, 1.807) is 12.1 Å². The lowest BCUT2D eigenvalue weighted by Crippen LogP contribution is -2.18. The van der Waals surface area contributed by atoms with Crippen molar-refractivity contribution in [3.63, 3.8) is 0 Å². The third-order valence-electron chi connectivity index (χ3n) is 2.97. The lowest BCUT2D eigenvalue weighted by Gasteiger charge is -2.09. The minimum Gasteiger partial charge on any atom is -0.508 e. The van der Waals surface area contributed by atoms with Gasteiger partial charge in [-0.1, -0.05) is 36.9 Å². The minimum absolute atomic E-state index is 0.126. The monoisotopic (exact) mass is 276 g/mol. The molecule has 2 aromatic rings. The Morgan fingerprint density at radius 2 is 2.11 bits per heavy atom. The van der Waals surface area contributed by atoms with Gasteiger partial charge in [-0.05, 0) is 24.3 Å². The van der Waals surface area contributed by atoms with Crippen molar-refractivity contribution in [3.8, 4) is 5.75 Å². The summed E-state index contributed by atoms with van der Waals surface area (Å²) in [5.41, 5.74) is 2.03. The molecule has 2 N–H and O–H groups in total. The molecule has 1 aromatic heterocycles. The van der Waals surface area contributed by atoms with E-state index in [0.717, 1.165) is 11.3 Å². The van der Waals surface area contributed by atoms with Gasteiger partial charge in [-0.25, -0.2) is 4.98 Å². The lowest BCUT2D eigenvalue weighted by atomic mass is 10.0. The molecule has 0 aliphatic carbocycles. The summed E-state index contributed by atoms with van der Waals surface area (Å²) in [6, 6.07) is 7.05. The fraction of sp³-hybridized carbons (Fsp3) is 0.286. The topological polar surface area (TPSA) is 66.0 Å². The fourth-order valence-electron chi connectivity index (χ4n) is 1.94. The predicted octanol–water partition coefficient (Wildman–Crippen LogP) is 2.35. The summed E-state index contributed by atoms with van der Waals surface area (Å²) in [6.45, 7) is 1.97. The number of aromatic amines is 1. The Balaban J connectivity index is 2.45. The number of aromatic hydroxyl groups is 1. The molecule has 0 spiro atoms. The van der Waals surface area contributed by atoms with Gasteiger partial charge in [0.05, 0.1) is 5.69 Å². The van der Waals surface area contributed by atoms with E-state index in [2.05, 4.69) is 9.97 Å². The first-order chi connectivity index (χ1) is 9.15. The van der Waals surface area contributed by atoms with Crippen molar-refractivity contribution in [2.75, 3.05) is 6.26 Å². The zero-order valence-corrected chi connectivity index (χ0v) is 11.8. The van der Waals surface area contributed by atoms with Crippen LogP contribution in [0.2, 0.25) is 0 Å². The SMILES string of the molecule is CCc1nc(SC)[nH]c(=O)c1Cc1ccccc1O. The van der Waals surface area contributed by atoms with Crippen molar-refractivity contribution in [3.05, 3.63) is 51.4 Å². The van der Waals surface area contributed by atoms with Gasteiger partial charge in [-0.15, -0.1) is 0 Å². The summed E-state index contributed by atoms with van der Waals surface area (Å²) in [5.74, 6) is 0.206. The van der Waals surface area contributed by atoms with E-state index in [1.807, 2.05) is 25.3 Å². The van der Waals surface area contributed by atoms with Crippen LogP contribution in [-0.2, 0) is 12.8 Å². The molecule has 5 heteroatoms. The highest BCUT2D eigenvalue weighted by Gasteiger charge is 2.12. The first kappa shape index (κ1) is 13.7. The molecule has 0 aliphatic heterocycles. The number of nitrogens with zero attached hydrogens (tertiary/aromatic N) is 1. The Labute approximate surface area is 115 Å². The summed E-state index contributed by atoms with van der Waals surface area (Å²) < 4.78 is 0. The third-order valence-corrected chi connectivity index (χ3v) is 3.55. The van der Waals surface area contributed by atoms with Crippen molar-refractivity contribution >= 4 is 11.8 Å². The van der Waals surface area contributed by atoms with Crippen LogP contribution < -0.4 is 5.56 Å². The zero-order valence-electron chi connectivity index (χ0n) is 10.9. The maximum absolute atomic E-state index is 12.1. The zero-order chi connectivity index (χ0) is 13.8. The second-order valence-electron chi connectivity index (χ2n) is 4.16. The molecule has 0 fully saturated rings. The van der Waals surface area contributed by atoms with Crippen LogP contribution in [0.5, 0.6) is 5.75 Å². The number of hydrogen-bond acceptors (Lipinski definition) is 4. The van der Waals surface area contributed by atoms with Gasteiger partial charge in [-0.2, -0.15) is 0 Å². The van der Waals surface area contributed by atoms with Crippen molar-refractivity contribution in [1.29, 1.82) is 0 Å². The highest BCUT2D eigenvalue weighted by molar-refractivity contribution is 7.98. The highest BCUT2D eigenvalue weighted by Crippen LogP contribution is 2.20. The Bertz CT molecular complexity index is 638. The summed E-state index contributed by atoms with van der Waals surface area (Å²) in [6.07, 6.45) is 2.97. The van der Waals surface area contributed by atoms with Crippen LogP contribution in [0.3, 0.4) is 0 Å². The standard InChI is InChI=1S/C14H16N2O2S/c1-3-11-10(13(18)16-14(15-11)19-2)8-9-6-4-5-7-12(9)17/h4-7,17H,3,8H2,1-2H3,(H,15,16,18). The van der Waals surface area contributed by atoms with Crippen LogP contribution in [0, 0.1) is 0 Å². The van der Waals surface area contributed by atoms with Crippen LogP contribution in [0.15, 0.2) is 34.2 Å². The normalized spacial score (nSPS) is 10.6. The molecule has 4 nitrogen and oxygen atoms in total. The number of rotatable bonds is 4. The van der Waals surface area contributed by atoms with Crippen molar-refractivity contribution < 1.29 is 5.11 Å². The van der Waals surface area contributed by atoms with Crippen LogP contribution in [0.25, 0.3) is 0 Å². The summed E-state index contributed by atoms with van der Waals surface area (Å²) in [4.78, 5) is 19.3. The number of nitrogens with one attached hydrogen (secondary N) is 1. The molecule has 0 saturated heterocycles. The largest absolute Gasteiger partial charge is 0.508 e. The molecule has 0 atom stereocenters. The van der Waals surface area contributed by atoms with E-state index in [-0.39, 0.29) is 11.3 Å². The first-order valence-corrected chi connectivity index (χ1v) is 7.31. The predicted molar refractivity (Wildman–Crippen MR) is 76.9 cm³/mol. The average molecular weight is 276 g/mol. The number of phenols is 1. The van der Waals surface area contributed by atoms with Gasteiger partial charge in [0.2, 0.25) is 0 Å². The van der Waals surface area contributed by atoms with E-state index in [1.165, 1.54) is 11.8 Å². The fourth-order valence-corrected chi connectivity index (χ4v) is 2.34. The molecule has 0 unspecified atom stereocenters. The Morgan fingerprint density at radius 1 is 1.37 bits per heavy atom. The van der Waals surface area contributed by atoms with Gasteiger partial charge in [0, 0.05) is 12.0 Å². The molecule has 1 heterocycles. The number of para-hydroxylation sites is 1. The molecule has 0 amide bonds. The molecule has 1 aromatic carbocycles. The number of H-pyrrole nitrogens is 1. The van der Waals surface area contributed by atoms with Gasteiger partial charge in [-0.3, -0.25) is 4.79 Å². The van der Waals surface area contributed by atoms with Crippen LogP contribution in [0.4, 0.5) is 0 Å². The smallest absolute Gasteiger partial charge is 0.255 e. The molecule has 0 saturated carbocycles. The van der Waals surface area contributed by atoms with E-state index < -0.39 is 0 Å². The van der Waals surface area contributed by atoms with Crippen LogP contribution in [0.1, 0.15) is 23.7 Å². The molecule has 2 rings (SSSR count). The van der Waals surface area contributed by atoms with Gasteiger partial charge in [0.25, 0.3) is 5.56 Å². The van der Waals surface area contributed by atoms with Gasteiger partial charge in [0.1, 0.15) is 5.75 Å². The van der Waals surface area contributed by atoms with Crippen molar-refractivity contribution in [2.24, 2.45) is 0 Å². The van der Waals surface area contributed by atoms with Crippen LogP contribution in [-0.4, -0.2) is 21.3 Å². The number of hydrogen-bond donors (Lipinski definition) is 2. The second-order valence-corrected chi connectivity index (χ2v) is 4.95.